The number of nitrogens with zero attached hydrogens (tertiary/aromatic N) is 3. The van der Waals surface area contributed by atoms with Crippen molar-refractivity contribution < 1.29 is 0 Å². The van der Waals surface area contributed by atoms with Crippen LogP contribution in [0.1, 0.15) is 39.5 Å². The summed E-state index contributed by atoms with van der Waals surface area (Å²) in [4.78, 5) is 10.8. The molecule has 0 aromatic carbocycles. The molecule has 1 heterocycles. The summed E-state index contributed by atoms with van der Waals surface area (Å²) in [5.41, 5.74) is 0. The first-order chi connectivity index (χ1) is 8.26. The normalized spacial score (nSPS) is 11.2. The van der Waals surface area contributed by atoms with Crippen LogP contribution in [-0.2, 0) is 0 Å². The van der Waals surface area contributed by atoms with Crippen LogP contribution >= 0.6 is 32.9 Å². The van der Waals surface area contributed by atoms with Gasteiger partial charge in [-0.2, -0.15) is 4.98 Å². The Morgan fingerprint density at radius 1 is 1.24 bits per heavy atom. The van der Waals surface area contributed by atoms with Crippen LogP contribution in [-0.4, -0.2) is 29.3 Å². The molecule has 0 aliphatic carbocycles. The Kier molecular flexibility index (Phi) is 7.55. The fourth-order valence-electron chi connectivity index (χ4n) is 1.32. The quantitative estimate of drug-likeness (QED) is 0.305. The maximum atomic E-state index is 4.98. The third-order valence-corrected chi connectivity index (χ3v) is 4.80. The SMILES string of the molecule is CCCCN(/C=N/c1nc(=S)ss1)CCCC. The molecule has 0 saturated carbocycles. The summed E-state index contributed by atoms with van der Waals surface area (Å²) in [5, 5.41) is 0.776. The van der Waals surface area contributed by atoms with Crippen molar-refractivity contribution in [1.82, 2.24) is 9.88 Å². The summed E-state index contributed by atoms with van der Waals surface area (Å²) in [6.45, 7) is 6.58. The Balaban J connectivity index is 2.51. The first-order valence-corrected chi connectivity index (χ1v) is 8.57. The van der Waals surface area contributed by atoms with Crippen molar-refractivity contribution in [3.05, 3.63) is 3.95 Å². The summed E-state index contributed by atoms with van der Waals surface area (Å²) in [6, 6.07) is 0. The molecule has 0 spiro atoms. The second-order valence-electron chi connectivity index (χ2n) is 3.81. The van der Waals surface area contributed by atoms with E-state index in [1.165, 1.54) is 36.0 Å². The Labute approximate surface area is 116 Å². The third-order valence-electron chi connectivity index (χ3n) is 2.30. The van der Waals surface area contributed by atoms with Gasteiger partial charge in [0.05, 0.1) is 6.34 Å². The highest BCUT2D eigenvalue weighted by Gasteiger charge is 1.99. The van der Waals surface area contributed by atoms with Gasteiger partial charge >= 0.3 is 0 Å². The van der Waals surface area contributed by atoms with Crippen LogP contribution in [0.3, 0.4) is 0 Å². The largest absolute Gasteiger partial charge is 0.363 e. The lowest BCUT2D eigenvalue weighted by Crippen LogP contribution is -2.24. The number of aliphatic imine (C=N–C) groups is 1. The van der Waals surface area contributed by atoms with Gasteiger partial charge in [0.2, 0.25) is 5.13 Å². The number of hydrogen-bond acceptors (Lipinski definition) is 5. The fraction of sp³-hybridized carbons (Fsp3) is 0.727. The number of hydrogen-bond donors (Lipinski definition) is 0. The molecule has 0 aliphatic heterocycles. The standard InChI is InChI=1S/C11H19N3S3/c1-3-5-7-14(8-6-4-2)9-12-10-13-11(15)17-16-10/h9H,3-8H2,1-2H3/b12-9+. The lowest BCUT2D eigenvalue weighted by atomic mass is 10.3. The van der Waals surface area contributed by atoms with E-state index in [9.17, 15) is 0 Å². The highest BCUT2D eigenvalue weighted by molar-refractivity contribution is 7.79. The molecule has 1 rings (SSSR count). The minimum absolute atomic E-state index is 0.677. The Bertz CT molecular complexity index is 375. The number of unbranched alkanes of at least 4 members (excludes halogenated alkanes) is 2. The van der Waals surface area contributed by atoms with Crippen molar-refractivity contribution in [2.75, 3.05) is 13.1 Å². The summed E-state index contributed by atoms with van der Waals surface area (Å²) in [6.07, 6.45) is 6.77. The van der Waals surface area contributed by atoms with Crippen molar-refractivity contribution in [3.8, 4) is 0 Å². The van der Waals surface area contributed by atoms with Gasteiger partial charge in [-0.25, -0.2) is 4.99 Å². The Morgan fingerprint density at radius 2 is 1.88 bits per heavy atom. The van der Waals surface area contributed by atoms with Crippen molar-refractivity contribution >= 4 is 44.4 Å². The van der Waals surface area contributed by atoms with E-state index >= 15 is 0 Å². The van der Waals surface area contributed by atoms with Gasteiger partial charge in [0.15, 0.2) is 3.95 Å². The maximum Gasteiger partial charge on any atom is 0.222 e. The molecule has 0 atom stereocenters. The minimum atomic E-state index is 0.677. The zero-order valence-electron chi connectivity index (χ0n) is 10.4. The summed E-state index contributed by atoms with van der Waals surface area (Å²) in [7, 11) is 3.05. The Hall–Kier alpha value is -0.330. The molecule has 1 aromatic heterocycles. The molecule has 0 fully saturated rings. The van der Waals surface area contributed by atoms with Crippen LogP contribution in [0.25, 0.3) is 0 Å². The molecule has 0 N–H and O–H groups in total. The smallest absolute Gasteiger partial charge is 0.222 e. The molecule has 0 saturated heterocycles. The molecule has 3 nitrogen and oxygen atoms in total. The summed E-state index contributed by atoms with van der Waals surface area (Å²) in [5.74, 6) is 0. The second kappa shape index (κ2) is 8.72. The molecule has 96 valence electrons. The first-order valence-electron chi connectivity index (χ1n) is 6.01. The van der Waals surface area contributed by atoms with Gasteiger partial charge in [0, 0.05) is 13.1 Å². The molecular weight excluding hydrogens is 270 g/mol. The second-order valence-corrected chi connectivity index (χ2v) is 6.54. The van der Waals surface area contributed by atoms with Crippen LogP contribution in [0.4, 0.5) is 5.13 Å². The molecule has 0 aliphatic rings. The van der Waals surface area contributed by atoms with Crippen LogP contribution in [0, 0.1) is 3.95 Å². The van der Waals surface area contributed by atoms with Gasteiger partial charge in [0.25, 0.3) is 0 Å². The Morgan fingerprint density at radius 3 is 2.35 bits per heavy atom. The van der Waals surface area contributed by atoms with Crippen LogP contribution in [0.2, 0.25) is 0 Å². The van der Waals surface area contributed by atoms with E-state index in [0.717, 1.165) is 18.2 Å². The van der Waals surface area contributed by atoms with E-state index in [-0.39, 0.29) is 0 Å². The fourth-order valence-corrected chi connectivity index (χ4v) is 3.11. The summed E-state index contributed by atoms with van der Waals surface area (Å²) < 4.78 is 0.677. The predicted octanol–water partition coefficient (Wildman–Crippen LogP) is 4.50. The van der Waals surface area contributed by atoms with Crippen molar-refractivity contribution in [3.63, 3.8) is 0 Å². The van der Waals surface area contributed by atoms with E-state index in [0.29, 0.717) is 3.95 Å². The highest BCUT2D eigenvalue weighted by atomic mass is 32.9. The molecule has 0 unspecified atom stereocenters. The average Bonchev–Trinajstić information content (AvgIpc) is 2.74. The highest BCUT2D eigenvalue weighted by Crippen LogP contribution is 2.21. The van der Waals surface area contributed by atoms with Gasteiger partial charge in [-0.3, -0.25) is 0 Å². The minimum Gasteiger partial charge on any atom is -0.363 e. The van der Waals surface area contributed by atoms with Gasteiger partial charge in [-0.15, -0.1) is 0 Å². The molecular formula is C11H19N3S3. The van der Waals surface area contributed by atoms with Crippen molar-refractivity contribution in [2.24, 2.45) is 4.99 Å². The molecule has 0 bridgehead atoms. The van der Waals surface area contributed by atoms with E-state index in [1.54, 1.807) is 10.3 Å². The van der Waals surface area contributed by atoms with Gasteiger partial charge in [-0.05, 0) is 45.7 Å². The maximum absolute atomic E-state index is 4.98. The number of aromatic nitrogens is 1. The molecule has 17 heavy (non-hydrogen) atoms. The van der Waals surface area contributed by atoms with E-state index in [2.05, 4.69) is 28.7 Å². The monoisotopic (exact) mass is 289 g/mol. The van der Waals surface area contributed by atoms with Crippen LogP contribution in [0.5, 0.6) is 0 Å². The van der Waals surface area contributed by atoms with Crippen molar-refractivity contribution in [2.45, 2.75) is 39.5 Å². The van der Waals surface area contributed by atoms with Crippen LogP contribution < -0.4 is 0 Å². The summed E-state index contributed by atoms with van der Waals surface area (Å²) >= 11 is 4.98. The van der Waals surface area contributed by atoms with Crippen LogP contribution in [0.15, 0.2) is 4.99 Å². The van der Waals surface area contributed by atoms with Crippen molar-refractivity contribution in [1.29, 1.82) is 0 Å². The van der Waals surface area contributed by atoms with E-state index < -0.39 is 0 Å². The first kappa shape index (κ1) is 14.7. The van der Waals surface area contributed by atoms with E-state index in [4.69, 9.17) is 12.2 Å². The number of rotatable bonds is 8. The topological polar surface area (TPSA) is 28.5 Å². The van der Waals surface area contributed by atoms with Gasteiger partial charge in [0.1, 0.15) is 0 Å². The third kappa shape index (κ3) is 6.24. The van der Waals surface area contributed by atoms with E-state index in [1.807, 2.05) is 6.34 Å². The van der Waals surface area contributed by atoms with Gasteiger partial charge < -0.3 is 4.90 Å². The molecule has 0 amide bonds. The van der Waals surface area contributed by atoms with Gasteiger partial charge in [-0.1, -0.05) is 26.7 Å². The predicted molar refractivity (Wildman–Crippen MR) is 80.4 cm³/mol. The molecule has 6 heteroatoms. The lowest BCUT2D eigenvalue weighted by molar-refractivity contribution is 0.409. The zero-order chi connectivity index (χ0) is 12.5. The lowest BCUT2D eigenvalue weighted by Gasteiger charge is -2.18. The molecule has 1 aromatic rings. The average molecular weight is 289 g/mol. The zero-order valence-corrected chi connectivity index (χ0v) is 12.8. The molecule has 0 radical (unpaired) electrons.